The van der Waals surface area contributed by atoms with E-state index in [9.17, 15) is 9.59 Å². The third-order valence-electron chi connectivity index (χ3n) is 4.31. The highest BCUT2D eigenvalue weighted by atomic mass is 35.5. The molecular formula is C21H23ClN4O2. The van der Waals surface area contributed by atoms with Crippen molar-refractivity contribution in [3.63, 3.8) is 0 Å². The zero-order valence-corrected chi connectivity index (χ0v) is 16.6. The number of fused-ring (bicyclic) bond motifs is 1. The monoisotopic (exact) mass is 398 g/mol. The summed E-state index contributed by atoms with van der Waals surface area (Å²) >= 11 is 6.02. The fourth-order valence-electron chi connectivity index (χ4n) is 2.99. The highest BCUT2D eigenvalue weighted by molar-refractivity contribution is 6.33. The van der Waals surface area contributed by atoms with Crippen molar-refractivity contribution in [2.75, 3.05) is 6.54 Å². The van der Waals surface area contributed by atoms with E-state index in [0.29, 0.717) is 22.3 Å². The maximum atomic E-state index is 12.4. The van der Waals surface area contributed by atoms with Crippen LogP contribution in [0.5, 0.6) is 0 Å². The van der Waals surface area contributed by atoms with Gasteiger partial charge in [0.2, 0.25) is 5.91 Å². The minimum atomic E-state index is -0.384. The summed E-state index contributed by atoms with van der Waals surface area (Å²) in [5.41, 5.74) is 2.12. The van der Waals surface area contributed by atoms with Crippen molar-refractivity contribution >= 4 is 34.4 Å². The summed E-state index contributed by atoms with van der Waals surface area (Å²) in [7, 11) is 0. The number of hydrogen-bond acceptors (Lipinski definition) is 3. The van der Waals surface area contributed by atoms with Gasteiger partial charge >= 0.3 is 0 Å². The van der Waals surface area contributed by atoms with Crippen LogP contribution in [0.3, 0.4) is 0 Å². The number of para-hydroxylation sites is 2. The zero-order chi connectivity index (χ0) is 20.1. The number of hydrogen-bond donors (Lipinski definition) is 3. The van der Waals surface area contributed by atoms with E-state index in [1.807, 2.05) is 24.3 Å². The Bertz CT molecular complexity index is 950. The van der Waals surface area contributed by atoms with Crippen LogP contribution in [0, 0.1) is 5.92 Å². The average molecular weight is 399 g/mol. The molecule has 2 amide bonds. The Morgan fingerprint density at radius 2 is 1.82 bits per heavy atom. The highest BCUT2D eigenvalue weighted by Gasteiger charge is 2.20. The molecule has 6 nitrogen and oxygen atoms in total. The average Bonchev–Trinajstić information content (AvgIpc) is 3.10. The first-order chi connectivity index (χ1) is 13.4. The van der Waals surface area contributed by atoms with E-state index in [4.69, 9.17) is 11.6 Å². The molecule has 0 saturated heterocycles. The smallest absolute Gasteiger partial charge is 0.253 e. The molecule has 0 aliphatic heterocycles. The van der Waals surface area contributed by atoms with Gasteiger partial charge in [0.1, 0.15) is 5.82 Å². The predicted molar refractivity (Wildman–Crippen MR) is 110 cm³/mol. The molecule has 3 rings (SSSR count). The van der Waals surface area contributed by atoms with Crippen LogP contribution in [0.4, 0.5) is 0 Å². The fraction of sp³-hybridized carbons (Fsp3) is 0.286. The van der Waals surface area contributed by atoms with Gasteiger partial charge in [-0.15, -0.1) is 0 Å². The lowest BCUT2D eigenvalue weighted by molar-refractivity contribution is -0.121. The first-order valence-electron chi connectivity index (χ1n) is 9.20. The van der Waals surface area contributed by atoms with Gasteiger partial charge in [0.15, 0.2) is 0 Å². The van der Waals surface area contributed by atoms with Gasteiger partial charge in [0.05, 0.1) is 34.2 Å². The first kappa shape index (κ1) is 19.9. The van der Waals surface area contributed by atoms with Crippen molar-refractivity contribution < 1.29 is 9.59 Å². The predicted octanol–water partition coefficient (Wildman–Crippen LogP) is 3.85. The van der Waals surface area contributed by atoms with Crippen LogP contribution in [-0.4, -0.2) is 28.3 Å². The van der Waals surface area contributed by atoms with Crippen LogP contribution in [0.2, 0.25) is 5.02 Å². The van der Waals surface area contributed by atoms with Crippen LogP contribution < -0.4 is 10.6 Å². The second kappa shape index (κ2) is 8.89. The Labute approximate surface area is 168 Å². The minimum absolute atomic E-state index is 0.140. The molecular weight excluding hydrogens is 376 g/mol. The number of nitrogens with one attached hydrogen (secondary N) is 3. The largest absolute Gasteiger partial charge is 0.345 e. The molecule has 0 spiro atoms. The Hall–Kier alpha value is -2.86. The van der Waals surface area contributed by atoms with Crippen molar-refractivity contribution in [3.05, 3.63) is 64.9 Å². The van der Waals surface area contributed by atoms with Crippen molar-refractivity contribution in [3.8, 4) is 0 Å². The van der Waals surface area contributed by atoms with Crippen LogP contribution in [0.15, 0.2) is 48.5 Å². The van der Waals surface area contributed by atoms with Crippen molar-refractivity contribution in [1.29, 1.82) is 0 Å². The molecule has 7 heteroatoms. The van der Waals surface area contributed by atoms with E-state index in [1.54, 1.807) is 24.3 Å². The van der Waals surface area contributed by atoms with E-state index in [-0.39, 0.29) is 24.4 Å². The van der Waals surface area contributed by atoms with Crippen LogP contribution in [0.1, 0.15) is 42.5 Å². The lowest BCUT2D eigenvalue weighted by Gasteiger charge is -2.19. The Morgan fingerprint density at radius 3 is 2.54 bits per heavy atom. The summed E-state index contributed by atoms with van der Waals surface area (Å²) < 4.78 is 0. The van der Waals surface area contributed by atoms with Crippen molar-refractivity contribution in [2.45, 2.75) is 26.3 Å². The van der Waals surface area contributed by atoms with Gasteiger partial charge in [0.25, 0.3) is 5.91 Å². The number of H-pyrrole nitrogens is 1. The molecule has 0 radical (unpaired) electrons. The first-order valence-corrected chi connectivity index (χ1v) is 9.58. The molecule has 0 bridgehead atoms. The van der Waals surface area contributed by atoms with Crippen LogP contribution in [-0.2, 0) is 4.79 Å². The number of benzene rings is 2. The van der Waals surface area contributed by atoms with Gasteiger partial charge in [-0.3, -0.25) is 9.59 Å². The number of halogens is 1. The Balaban J connectivity index is 1.66. The summed E-state index contributed by atoms with van der Waals surface area (Å²) in [5.74, 6) is 0.397. The second-order valence-corrected chi connectivity index (χ2v) is 7.46. The molecule has 0 aliphatic rings. The van der Waals surface area contributed by atoms with Gasteiger partial charge in [-0.1, -0.05) is 49.7 Å². The molecule has 1 aromatic heterocycles. The zero-order valence-electron chi connectivity index (χ0n) is 15.8. The number of amides is 2. The Kier molecular flexibility index (Phi) is 6.31. The number of nitrogens with zero attached hydrogens (tertiary/aromatic N) is 1. The quantitative estimate of drug-likeness (QED) is 0.565. The lowest BCUT2D eigenvalue weighted by Crippen LogP contribution is -2.39. The van der Waals surface area contributed by atoms with Gasteiger partial charge in [-0.2, -0.15) is 0 Å². The van der Waals surface area contributed by atoms with E-state index < -0.39 is 0 Å². The summed E-state index contributed by atoms with van der Waals surface area (Å²) in [6, 6.07) is 14.2. The standard InChI is InChI=1S/C21H23ClN4O2/c1-13(2)11-18(20-25-16-9-5-6-10-17(16)26-20)24-19(27)12-23-21(28)14-7-3-4-8-15(14)22/h3-10,13,18H,11-12H2,1-2H3,(H,23,28)(H,24,27)(H,25,26)/t18-/m0/s1. The van der Waals surface area contributed by atoms with Gasteiger partial charge in [-0.25, -0.2) is 4.98 Å². The van der Waals surface area contributed by atoms with E-state index in [1.165, 1.54) is 0 Å². The van der Waals surface area contributed by atoms with E-state index in [0.717, 1.165) is 17.5 Å². The molecule has 3 N–H and O–H groups in total. The number of imidazole rings is 1. The molecule has 3 aromatic rings. The summed E-state index contributed by atoms with van der Waals surface area (Å²) in [6.45, 7) is 4.03. The molecule has 1 atom stereocenters. The number of rotatable bonds is 7. The number of aromatic nitrogens is 2. The van der Waals surface area contributed by atoms with Crippen LogP contribution >= 0.6 is 11.6 Å². The number of carbonyl (C=O) groups excluding carboxylic acids is 2. The molecule has 0 fully saturated rings. The van der Waals surface area contributed by atoms with Crippen LogP contribution in [0.25, 0.3) is 11.0 Å². The molecule has 0 saturated carbocycles. The molecule has 2 aromatic carbocycles. The molecule has 146 valence electrons. The number of aromatic amines is 1. The normalized spacial score (nSPS) is 12.1. The SMILES string of the molecule is CC(C)C[C@H](NC(=O)CNC(=O)c1ccccc1Cl)c1nc2ccccc2[nH]1. The maximum Gasteiger partial charge on any atom is 0.253 e. The highest BCUT2D eigenvalue weighted by Crippen LogP contribution is 2.22. The van der Waals surface area contributed by atoms with E-state index >= 15 is 0 Å². The second-order valence-electron chi connectivity index (χ2n) is 7.05. The molecule has 0 unspecified atom stereocenters. The summed E-state index contributed by atoms with van der Waals surface area (Å²) in [5, 5.41) is 5.92. The third kappa shape index (κ3) is 4.89. The van der Waals surface area contributed by atoms with Gasteiger partial charge in [0, 0.05) is 0 Å². The third-order valence-corrected chi connectivity index (χ3v) is 4.64. The fourth-order valence-corrected chi connectivity index (χ4v) is 3.22. The topological polar surface area (TPSA) is 86.9 Å². The Morgan fingerprint density at radius 1 is 1.11 bits per heavy atom. The number of carbonyl (C=O) groups is 2. The van der Waals surface area contributed by atoms with Gasteiger partial charge in [-0.05, 0) is 36.6 Å². The van der Waals surface area contributed by atoms with Crippen molar-refractivity contribution in [2.24, 2.45) is 5.92 Å². The summed E-state index contributed by atoms with van der Waals surface area (Å²) in [4.78, 5) is 32.5. The molecule has 28 heavy (non-hydrogen) atoms. The van der Waals surface area contributed by atoms with E-state index in [2.05, 4.69) is 34.4 Å². The summed E-state index contributed by atoms with van der Waals surface area (Å²) in [6.07, 6.45) is 0.726. The lowest BCUT2D eigenvalue weighted by atomic mass is 10.0. The maximum absolute atomic E-state index is 12.4. The van der Waals surface area contributed by atoms with Gasteiger partial charge < -0.3 is 15.6 Å². The minimum Gasteiger partial charge on any atom is -0.345 e. The van der Waals surface area contributed by atoms with Crippen molar-refractivity contribution in [1.82, 2.24) is 20.6 Å². The molecule has 1 heterocycles. The molecule has 0 aliphatic carbocycles.